The number of nitrogens with zero attached hydrogens (tertiary/aromatic N) is 3. The highest BCUT2D eigenvalue weighted by molar-refractivity contribution is 7.85. The van der Waals surface area contributed by atoms with Gasteiger partial charge >= 0.3 is 0 Å². The lowest BCUT2D eigenvalue weighted by molar-refractivity contribution is 0.312. The molecule has 16 heavy (non-hydrogen) atoms. The monoisotopic (exact) mass is 241 g/mol. The molecule has 0 saturated heterocycles. The molecule has 7 heteroatoms. The summed E-state index contributed by atoms with van der Waals surface area (Å²) in [6.07, 6.45) is 1.02. The molecular formula is C9H11N3O3S. The molecule has 0 aliphatic carbocycles. The summed E-state index contributed by atoms with van der Waals surface area (Å²) in [5.41, 5.74) is 2.38. The van der Waals surface area contributed by atoms with Gasteiger partial charge in [-0.15, -0.1) is 5.10 Å². The fraction of sp³-hybridized carbons (Fsp3) is 0.333. The van der Waals surface area contributed by atoms with E-state index < -0.39 is 10.1 Å². The number of hydrogen-bond acceptors (Lipinski definition) is 5. The van der Waals surface area contributed by atoms with Gasteiger partial charge in [-0.2, -0.15) is 8.42 Å². The van der Waals surface area contributed by atoms with E-state index in [2.05, 4.69) is 10.3 Å². The van der Waals surface area contributed by atoms with Crippen molar-refractivity contribution in [2.45, 2.75) is 6.61 Å². The van der Waals surface area contributed by atoms with E-state index in [0.29, 0.717) is 0 Å². The second kappa shape index (κ2) is 3.84. The highest BCUT2D eigenvalue weighted by Crippen LogP contribution is 2.13. The average Bonchev–Trinajstić information content (AvgIpc) is 2.56. The summed E-state index contributed by atoms with van der Waals surface area (Å²) in [5.74, 6) is 0. The minimum atomic E-state index is -3.41. The molecule has 0 aliphatic rings. The Morgan fingerprint density at radius 3 is 2.88 bits per heavy atom. The SMILES string of the molecule is Cn1nnc2ccc(COS(C)(=O)=O)cc21. The number of benzene rings is 1. The van der Waals surface area contributed by atoms with Gasteiger partial charge in [0.25, 0.3) is 10.1 Å². The lowest BCUT2D eigenvalue weighted by Crippen LogP contribution is -2.02. The molecular weight excluding hydrogens is 230 g/mol. The van der Waals surface area contributed by atoms with Crippen molar-refractivity contribution in [3.63, 3.8) is 0 Å². The van der Waals surface area contributed by atoms with Crippen LogP contribution in [0.1, 0.15) is 5.56 Å². The van der Waals surface area contributed by atoms with Crippen LogP contribution in [0.2, 0.25) is 0 Å². The summed E-state index contributed by atoms with van der Waals surface area (Å²) in [4.78, 5) is 0. The standard InChI is InChI=1S/C9H11N3O3S/c1-12-9-5-7(6-15-16(2,13)14)3-4-8(9)10-11-12/h3-5H,6H2,1-2H3. The Bertz CT molecular complexity index is 618. The number of hydrogen-bond donors (Lipinski definition) is 0. The van der Waals surface area contributed by atoms with E-state index in [0.717, 1.165) is 22.9 Å². The molecule has 1 aromatic carbocycles. The van der Waals surface area contributed by atoms with E-state index in [9.17, 15) is 8.42 Å². The van der Waals surface area contributed by atoms with Crippen LogP contribution in [0.3, 0.4) is 0 Å². The Morgan fingerprint density at radius 2 is 2.19 bits per heavy atom. The highest BCUT2D eigenvalue weighted by Gasteiger charge is 2.05. The van der Waals surface area contributed by atoms with Crippen molar-refractivity contribution in [3.05, 3.63) is 23.8 Å². The Labute approximate surface area is 93.0 Å². The normalized spacial score (nSPS) is 12.1. The summed E-state index contributed by atoms with van der Waals surface area (Å²) >= 11 is 0. The first-order valence-electron chi connectivity index (χ1n) is 4.58. The minimum absolute atomic E-state index is 0.0277. The third-order valence-electron chi connectivity index (χ3n) is 2.11. The van der Waals surface area contributed by atoms with Crippen molar-refractivity contribution in [2.24, 2.45) is 7.05 Å². The summed E-state index contributed by atoms with van der Waals surface area (Å²) in [6.45, 7) is 0.0277. The van der Waals surface area contributed by atoms with E-state index >= 15 is 0 Å². The largest absolute Gasteiger partial charge is 0.265 e. The molecule has 0 aliphatic heterocycles. The molecule has 0 spiro atoms. The molecule has 1 heterocycles. The topological polar surface area (TPSA) is 74.1 Å². The molecule has 0 bridgehead atoms. The van der Waals surface area contributed by atoms with Gasteiger partial charge in [0.15, 0.2) is 0 Å². The van der Waals surface area contributed by atoms with Gasteiger partial charge < -0.3 is 0 Å². The van der Waals surface area contributed by atoms with E-state index in [1.54, 1.807) is 29.9 Å². The van der Waals surface area contributed by atoms with Gasteiger partial charge in [-0.25, -0.2) is 4.68 Å². The van der Waals surface area contributed by atoms with Crippen LogP contribution in [0, 0.1) is 0 Å². The minimum Gasteiger partial charge on any atom is -0.265 e. The maximum Gasteiger partial charge on any atom is 0.264 e. The van der Waals surface area contributed by atoms with Gasteiger partial charge in [-0.3, -0.25) is 4.18 Å². The molecule has 2 aromatic rings. The molecule has 2 rings (SSSR count). The Morgan fingerprint density at radius 1 is 1.44 bits per heavy atom. The lowest BCUT2D eigenvalue weighted by atomic mass is 10.2. The van der Waals surface area contributed by atoms with Crippen molar-refractivity contribution >= 4 is 21.2 Å². The quantitative estimate of drug-likeness (QED) is 0.729. The molecule has 0 amide bonds. The van der Waals surface area contributed by atoms with Crippen molar-refractivity contribution in [2.75, 3.05) is 6.26 Å². The summed E-state index contributed by atoms with van der Waals surface area (Å²) < 4.78 is 28.0. The summed E-state index contributed by atoms with van der Waals surface area (Å²) in [7, 11) is -1.64. The molecule has 0 fully saturated rings. The van der Waals surface area contributed by atoms with Crippen LogP contribution in [0.4, 0.5) is 0 Å². The second-order valence-corrected chi connectivity index (χ2v) is 5.15. The number of aromatic nitrogens is 3. The smallest absolute Gasteiger partial charge is 0.264 e. The molecule has 0 radical (unpaired) electrons. The van der Waals surface area contributed by atoms with Crippen LogP contribution in [0.5, 0.6) is 0 Å². The van der Waals surface area contributed by atoms with Gasteiger partial charge in [0, 0.05) is 7.05 Å². The fourth-order valence-electron chi connectivity index (χ4n) is 1.34. The van der Waals surface area contributed by atoms with E-state index in [4.69, 9.17) is 4.18 Å². The predicted molar refractivity (Wildman–Crippen MR) is 58.1 cm³/mol. The molecule has 0 atom stereocenters. The Hall–Kier alpha value is -1.47. The Kier molecular flexibility index (Phi) is 2.64. The molecule has 0 N–H and O–H groups in total. The maximum absolute atomic E-state index is 10.8. The van der Waals surface area contributed by atoms with Gasteiger partial charge in [0.05, 0.1) is 18.4 Å². The molecule has 86 valence electrons. The summed E-state index contributed by atoms with van der Waals surface area (Å²) in [5, 5.41) is 7.78. The highest BCUT2D eigenvalue weighted by atomic mass is 32.2. The zero-order valence-electron chi connectivity index (χ0n) is 8.91. The van der Waals surface area contributed by atoms with Crippen LogP contribution in [0.25, 0.3) is 11.0 Å². The first-order valence-corrected chi connectivity index (χ1v) is 6.40. The molecule has 6 nitrogen and oxygen atoms in total. The fourth-order valence-corrected chi connectivity index (χ4v) is 1.69. The number of fused-ring (bicyclic) bond motifs is 1. The van der Waals surface area contributed by atoms with Crippen LogP contribution < -0.4 is 0 Å². The van der Waals surface area contributed by atoms with Crippen molar-refractivity contribution < 1.29 is 12.6 Å². The number of aryl methyl sites for hydroxylation is 1. The molecule has 0 unspecified atom stereocenters. The number of rotatable bonds is 3. The van der Waals surface area contributed by atoms with Crippen LogP contribution in [-0.4, -0.2) is 29.7 Å². The van der Waals surface area contributed by atoms with Crippen molar-refractivity contribution in [1.29, 1.82) is 0 Å². The van der Waals surface area contributed by atoms with Crippen molar-refractivity contribution in [1.82, 2.24) is 15.0 Å². The average molecular weight is 241 g/mol. The van der Waals surface area contributed by atoms with Gasteiger partial charge in [-0.1, -0.05) is 11.3 Å². The third kappa shape index (κ3) is 2.37. The van der Waals surface area contributed by atoms with Gasteiger partial charge in [-0.05, 0) is 17.7 Å². The van der Waals surface area contributed by atoms with E-state index in [1.807, 2.05) is 0 Å². The van der Waals surface area contributed by atoms with Gasteiger partial charge in [0.1, 0.15) is 5.52 Å². The molecule has 0 saturated carbocycles. The zero-order valence-corrected chi connectivity index (χ0v) is 9.73. The second-order valence-electron chi connectivity index (χ2n) is 3.50. The third-order valence-corrected chi connectivity index (χ3v) is 2.66. The van der Waals surface area contributed by atoms with E-state index in [-0.39, 0.29) is 6.61 Å². The maximum atomic E-state index is 10.8. The van der Waals surface area contributed by atoms with Crippen LogP contribution >= 0.6 is 0 Å². The lowest BCUT2D eigenvalue weighted by Gasteiger charge is -2.01. The summed E-state index contributed by atoms with van der Waals surface area (Å²) in [6, 6.07) is 5.35. The van der Waals surface area contributed by atoms with Crippen LogP contribution in [0.15, 0.2) is 18.2 Å². The first kappa shape index (κ1) is 11.0. The Balaban J connectivity index is 2.29. The van der Waals surface area contributed by atoms with Crippen molar-refractivity contribution in [3.8, 4) is 0 Å². The first-order chi connectivity index (χ1) is 7.46. The zero-order chi connectivity index (χ0) is 11.8. The van der Waals surface area contributed by atoms with Crippen LogP contribution in [-0.2, 0) is 28.0 Å². The predicted octanol–water partition coefficient (Wildman–Crippen LogP) is 0.445. The van der Waals surface area contributed by atoms with E-state index in [1.165, 1.54) is 0 Å². The molecule has 1 aromatic heterocycles. The van der Waals surface area contributed by atoms with Gasteiger partial charge in [0.2, 0.25) is 0 Å².